The van der Waals surface area contributed by atoms with Crippen molar-refractivity contribution in [2.24, 2.45) is 0 Å². The highest BCUT2D eigenvalue weighted by Crippen LogP contribution is 2.21. The van der Waals surface area contributed by atoms with Crippen molar-refractivity contribution in [3.63, 3.8) is 0 Å². The molecule has 0 bridgehead atoms. The molecular weight excluding hydrogens is 286 g/mol. The van der Waals surface area contributed by atoms with E-state index in [0.717, 1.165) is 12.1 Å². The molecule has 1 unspecified atom stereocenters. The number of carbonyl (C=O) groups is 1. The van der Waals surface area contributed by atoms with E-state index in [-0.39, 0.29) is 5.91 Å². The summed E-state index contributed by atoms with van der Waals surface area (Å²) in [7, 11) is 0. The van der Waals surface area contributed by atoms with Crippen LogP contribution in [0.1, 0.15) is 30.8 Å². The molecule has 2 aromatic rings. The molecule has 1 aromatic heterocycles. The van der Waals surface area contributed by atoms with E-state index < -0.39 is 0 Å². The molecule has 0 aliphatic carbocycles. The first-order valence-electron chi connectivity index (χ1n) is 6.88. The number of nitrogens with zero attached hydrogens (tertiary/aromatic N) is 1. The van der Waals surface area contributed by atoms with Crippen molar-refractivity contribution in [3.05, 3.63) is 53.3 Å². The van der Waals surface area contributed by atoms with Crippen molar-refractivity contribution in [1.82, 2.24) is 4.98 Å². The number of pyridine rings is 1. The van der Waals surface area contributed by atoms with Crippen molar-refractivity contribution < 1.29 is 4.79 Å². The summed E-state index contributed by atoms with van der Waals surface area (Å²) >= 11 is 6.03. The highest BCUT2D eigenvalue weighted by molar-refractivity contribution is 6.33. The van der Waals surface area contributed by atoms with Crippen molar-refractivity contribution in [1.29, 1.82) is 0 Å². The van der Waals surface area contributed by atoms with E-state index in [1.807, 2.05) is 18.2 Å². The monoisotopic (exact) mass is 303 g/mol. The van der Waals surface area contributed by atoms with Crippen LogP contribution in [-0.2, 0) is 0 Å². The molecule has 0 saturated carbocycles. The highest BCUT2D eigenvalue weighted by atomic mass is 35.5. The quantitative estimate of drug-likeness (QED) is 0.870. The summed E-state index contributed by atoms with van der Waals surface area (Å²) < 4.78 is 0. The van der Waals surface area contributed by atoms with Crippen LogP contribution in [0, 0.1) is 0 Å². The largest absolute Gasteiger partial charge is 0.382 e. The molecule has 0 aliphatic rings. The Hall–Kier alpha value is -2.07. The van der Waals surface area contributed by atoms with Gasteiger partial charge in [-0.3, -0.25) is 9.78 Å². The predicted octanol–water partition coefficient (Wildman–Crippen LogP) is 4.20. The van der Waals surface area contributed by atoms with E-state index in [0.29, 0.717) is 22.4 Å². The van der Waals surface area contributed by atoms with Crippen molar-refractivity contribution >= 4 is 28.9 Å². The van der Waals surface area contributed by atoms with E-state index in [9.17, 15) is 4.79 Å². The Balaban J connectivity index is 2.12. The summed E-state index contributed by atoms with van der Waals surface area (Å²) in [5.41, 5.74) is 1.80. The van der Waals surface area contributed by atoms with Crippen LogP contribution in [0.25, 0.3) is 0 Å². The van der Waals surface area contributed by atoms with Crippen LogP contribution >= 0.6 is 11.6 Å². The number of hydrogen-bond acceptors (Lipinski definition) is 3. The fourth-order valence-electron chi connectivity index (χ4n) is 1.78. The van der Waals surface area contributed by atoms with Crippen LogP contribution in [0.4, 0.5) is 11.4 Å². The lowest BCUT2D eigenvalue weighted by Crippen LogP contribution is -2.16. The molecule has 1 amide bonds. The molecule has 2 N–H and O–H groups in total. The van der Waals surface area contributed by atoms with Gasteiger partial charge in [0.2, 0.25) is 0 Å². The minimum atomic E-state index is -0.282. The minimum Gasteiger partial charge on any atom is -0.382 e. The molecule has 5 heteroatoms. The SMILES string of the molecule is CCC(C)Nc1ccnc(C(=O)Nc2ccccc2Cl)c1. The molecule has 21 heavy (non-hydrogen) atoms. The minimum absolute atomic E-state index is 0.282. The van der Waals surface area contributed by atoms with Gasteiger partial charge in [0.15, 0.2) is 0 Å². The van der Waals surface area contributed by atoms with Crippen LogP contribution in [0.15, 0.2) is 42.6 Å². The van der Waals surface area contributed by atoms with Crippen molar-refractivity contribution in [3.8, 4) is 0 Å². The summed E-state index contributed by atoms with van der Waals surface area (Å²) in [5.74, 6) is -0.282. The molecule has 1 aromatic carbocycles. The lowest BCUT2D eigenvalue weighted by atomic mass is 10.2. The first kappa shape index (κ1) is 15.3. The van der Waals surface area contributed by atoms with Gasteiger partial charge < -0.3 is 10.6 Å². The predicted molar refractivity (Wildman–Crippen MR) is 87.0 cm³/mol. The Morgan fingerprint density at radius 3 is 2.81 bits per heavy atom. The lowest BCUT2D eigenvalue weighted by molar-refractivity contribution is 0.102. The second-order valence-electron chi connectivity index (χ2n) is 4.82. The zero-order chi connectivity index (χ0) is 15.2. The molecule has 1 heterocycles. The average molecular weight is 304 g/mol. The number of benzene rings is 1. The molecule has 0 spiro atoms. The third-order valence-corrected chi connectivity index (χ3v) is 3.47. The zero-order valence-corrected chi connectivity index (χ0v) is 12.8. The van der Waals surface area contributed by atoms with Crippen molar-refractivity contribution in [2.45, 2.75) is 26.3 Å². The van der Waals surface area contributed by atoms with Gasteiger partial charge in [-0.05, 0) is 37.6 Å². The van der Waals surface area contributed by atoms with E-state index >= 15 is 0 Å². The third kappa shape index (κ3) is 4.20. The van der Waals surface area contributed by atoms with Gasteiger partial charge in [0, 0.05) is 17.9 Å². The van der Waals surface area contributed by atoms with Crippen LogP contribution in [0.3, 0.4) is 0 Å². The Bertz CT molecular complexity index is 630. The molecule has 0 aliphatic heterocycles. The number of amides is 1. The Labute approximate surface area is 129 Å². The second-order valence-corrected chi connectivity index (χ2v) is 5.22. The fourth-order valence-corrected chi connectivity index (χ4v) is 1.96. The molecule has 2 rings (SSSR count). The second kappa shape index (κ2) is 7.09. The Morgan fingerprint density at radius 1 is 1.33 bits per heavy atom. The van der Waals surface area contributed by atoms with E-state index in [4.69, 9.17) is 11.6 Å². The smallest absolute Gasteiger partial charge is 0.274 e. The molecule has 1 atom stereocenters. The number of hydrogen-bond donors (Lipinski definition) is 2. The molecule has 4 nitrogen and oxygen atoms in total. The van der Waals surface area contributed by atoms with Gasteiger partial charge in [0.1, 0.15) is 5.69 Å². The number of aromatic nitrogens is 1. The standard InChI is InChI=1S/C16H18ClN3O/c1-3-11(2)19-12-8-9-18-15(10-12)16(21)20-14-7-5-4-6-13(14)17/h4-11H,3H2,1-2H3,(H,18,19)(H,20,21). The van der Waals surface area contributed by atoms with Crippen LogP contribution in [-0.4, -0.2) is 16.9 Å². The number of carbonyl (C=O) groups excluding carboxylic acids is 1. The average Bonchev–Trinajstić information content (AvgIpc) is 2.49. The number of para-hydroxylation sites is 1. The number of nitrogens with one attached hydrogen (secondary N) is 2. The van der Waals surface area contributed by atoms with E-state index in [1.54, 1.807) is 24.4 Å². The van der Waals surface area contributed by atoms with Crippen LogP contribution in [0.5, 0.6) is 0 Å². The van der Waals surface area contributed by atoms with Crippen LogP contribution in [0.2, 0.25) is 5.02 Å². The summed E-state index contributed by atoms with van der Waals surface area (Å²) in [6.07, 6.45) is 2.62. The number of anilines is 2. The molecule has 0 saturated heterocycles. The van der Waals surface area contributed by atoms with Gasteiger partial charge >= 0.3 is 0 Å². The molecule has 110 valence electrons. The topological polar surface area (TPSA) is 54.0 Å². The lowest BCUT2D eigenvalue weighted by Gasteiger charge is -2.13. The summed E-state index contributed by atoms with van der Waals surface area (Å²) in [6, 6.07) is 11.0. The number of rotatable bonds is 5. The maximum Gasteiger partial charge on any atom is 0.274 e. The van der Waals surface area contributed by atoms with Gasteiger partial charge in [-0.2, -0.15) is 0 Å². The fraction of sp³-hybridized carbons (Fsp3) is 0.250. The first-order valence-corrected chi connectivity index (χ1v) is 7.26. The summed E-state index contributed by atoms with van der Waals surface area (Å²) in [4.78, 5) is 16.3. The first-order chi connectivity index (χ1) is 10.1. The van der Waals surface area contributed by atoms with Gasteiger partial charge in [0.05, 0.1) is 10.7 Å². The Kier molecular flexibility index (Phi) is 5.17. The third-order valence-electron chi connectivity index (χ3n) is 3.14. The van der Waals surface area contributed by atoms with Gasteiger partial charge in [-0.15, -0.1) is 0 Å². The van der Waals surface area contributed by atoms with Gasteiger partial charge in [-0.1, -0.05) is 30.7 Å². The zero-order valence-electron chi connectivity index (χ0n) is 12.1. The van der Waals surface area contributed by atoms with Crippen LogP contribution < -0.4 is 10.6 Å². The van der Waals surface area contributed by atoms with E-state index in [1.165, 1.54) is 0 Å². The highest BCUT2D eigenvalue weighted by Gasteiger charge is 2.10. The summed E-state index contributed by atoms with van der Waals surface area (Å²) in [5, 5.41) is 6.58. The van der Waals surface area contributed by atoms with Gasteiger partial charge in [0.25, 0.3) is 5.91 Å². The normalized spacial score (nSPS) is 11.8. The molecule has 0 radical (unpaired) electrons. The van der Waals surface area contributed by atoms with E-state index in [2.05, 4.69) is 29.5 Å². The maximum atomic E-state index is 12.2. The maximum absolute atomic E-state index is 12.2. The molecule has 0 fully saturated rings. The molecular formula is C16H18ClN3O. The summed E-state index contributed by atoms with van der Waals surface area (Å²) in [6.45, 7) is 4.19. The Morgan fingerprint density at radius 2 is 2.10 bits per heavy atom. The number of halogens is 1. The van der Waals surface area contributed by atoms with Crippen molar-refractivity contribution in [2.75, 3.05) is 10.6 Å². The van der Waals surface area contributed by atoms with Gasteiger partial charge in [-0.25, -0.2) is 0 Å².